The van der Waals surface area contributed by atoms with Crippen LogP contribution in [0.1, 0.15) is 21.5 Å². The van der Waals surface area contributed by atoms with Crippen LogP contribution < -0.4 is 0 Å². The number of rotatable bonds is 2. The highest BCUT2D eigenvalue weighted by Crippen LogP contribution is 2.20. The third kappa shape index (κ3) is 2.85. The normalized spacial score (nSPS) is 13.7. The zero-order valence-electron chi connectivity index (χ0n) is 11.4. The maximum atomic E-state index is 12.9. The van der Waals surface area contributed by atoms with Crippen molar-refractivity contribution in [1.29, 1.82) is 0 Å². The van der Waals surface area contributed by atoms with Crippen molar-refractivity contribution >= 4 is 23.0 Å². The van der Waals surface area contributed by atoms with Crippen molar-refractivity contribution in [2.75, 3.05) is 6.54 Å². The first-order valence-corrected chi connectivity index (χ1v) is 7.22. The van der Waals surface area contributed by atoms with E-state index in [4.69, 9.17) is 12.2 Å². The molecule has 2 nitrogen and oxygen atoms in total. The topological polar surface area (TPSA) is 20.3 Å². The molecule has 3 rings (SSSR count). The molecule has 0 saturated heterocycles. The number of carbonyl (C=O) groups is 1. The highest BCUT2D eigenvalue weighted by Gasteiger charge is 2.23. The van der Waals surface area contributed by atoms with Crippen LogP contribution in [-0.4, -0.2) is 22.2 Å². The highest BCUT2D eigenvalue weighted by molar-refractivity contribution is 7.82. The lowest BCUT2D eigenvalue weighted by Crippen LogP contribution is -2.39. The van der Waals surface area contributed by atoms with Crippen LogP contribution in [0.25, 0.3) is 0 Å². The highest BCUT2D eigenvalue weighted by atomic mass is 32.1. The minimum atomic E-state index is -0.357. The second-order valence-electron chi connectivity index (χ2n) is 5.08. The van der Waals surface area contributed by atoms with Crippen molar-refractivity contribution in [1.82, 2.24) is 4.90 Å². The van der Waals surface area contributed by atoms with E-state index in [-0.39, 0.29) is 11.6 Å². The zero-order chi connectivity index (χ0) is 14.8. The Morgan fingerprint density at radius 1 is 1.05 bits per heavy atom. The molecule has 0 aliphatic carbocycles. The SMILES string of the molecule is O=C(C(=S)N1CCc2ccccc2C1)c1ccc(F)cc1. The smallest absolute Gasteiger partial charge is 0.220 e. The van der Waals surface area contributed by atoms with Crippen molar-refractivity contribution < 1.29 is 9.18 Å². The Bertz CT molecular complexity index is 696. The number of hydrogen-bond donors (Lipinski definition) is 0. The van der Waals surface area contributed by atoms with Gasteiger partial charge in [-0.2, -0.15) is 0 Å². The molecule has 1 heterocycles. The van der Waals surface area contributed by atoms with Crippen molar-refractivity contribution in [2.45, 2.75) is 13.0 Å². The Kier molecular flexibility index (Phi) is 3.80. The van der Waals surface area contributed by atoms with Crippen molar-refractivity contribution in [3.63, 3.8) is 0 Å². The predicted molar refractivity (Wildman–Crippen MR) is 83.9 cm³/mol. The second-order valence-corrected chi connectivity index (χ2v) is 5.47. The fourth-order valence-corrected chi connectivity index (χ4v) is 2.81. The Labute approximate surface area is 128 Å². The molecule has 106 valence electrons. The summed E-state index contributed by atoms with van der Waals surface area (Å²) in [6, 6.07) is 13.7. The van der Waals surface area contributed by atoms with Crippen molar-refractivity contribution in [3.05, 3.63) is 71.0 Å². The van der Waals surface area contributed by atoms with Crippen LogP contribution in [-0.2, 0) is 13.0 Å². The van der Waals surface area contributed by atoms with E-state index in [9.17, 15) is 9.18 Å². The predicted octanol–water partition coefficient (Wildman–Crippen LogP) is 3.39. The molecule has 0 radical (unpaired) electrons. The standard InChI is InChI=1S/C17H14FNOS/c18-15-7-5-13(6-8-15)16(20)17(21)19-10-9-12-3-1-2-4-14(12)11-19/h1-8H,9-11H2. The minimum absolute atomic E-state index is 0.218. The van der Waals surface area contributed by atoms with E-state index in [0.29, 0.717) is 17.1 Å². The molecule has 1 aliphatic rings. The van der Waals surface area contributed by atoms with Crippen LogP contribution in [0.15, 0.2) is 48.5 Å². The fourth-order valence-electron chi connectivity index (χ4n) is 2.54. The maximum Gasteiger partial charge on any atom is 0.220 e. The first-order chi connectivity index (χ1) is 10.1. The molecule has 0 saturated carbocycles. The number of ketones is 1. The quantitative estimate of drug-likeness (QED) is 0.626. The van der Waals surface area contributed by atoms with Gasteiger partial charge < -0.3 is 4.90 Å². The third-order valence-corrected chi connectivity index (χ3v) is 4.16. The summed E-state index contributed by atoms with van der Waals surface area (Å²) >= 11 is 5.32. The average Bonchev–Trinajstić information content (AvgIpc) is 2.54. The van der Waals surface area contributed by atoms with Crippen LogP contribution in [0.2, 0.25) is 0 Å². The van der Waals surface area contributed by atoms with E-state index < -0.39 is 0 Å². The molecule has 0 aromatic heterocycles. The largest absolute Gasteiger partial charge is 0.355 e. The molecule has 0 amide bonds. The number of Topliss-reactive ketones (excluding diaryl/α,β-unsaturated/α-hetero) is 1. The number of carbonyl (C=O) groups excluding carboxylic acids is 1. The molecular weight excluding hydrogens is 285 g/mol. The van der Waals surface area contributed by atoms with Gasteiger partial charge in [0.1, 0.15) is 5.82 Å². The molecule has 0 spiro atoms. The van der Waals surface area contributed by atoms with Gasteiger partial charge in [-0.1, -0.05) is 36.5 Å². The van der Waals surface area contributed by atoms with Crippen LogP contribution in [0.5, 0.6) is 0 Å². The summed E-state index contributed by atoms with van der Waals surface area (Å²) in [5, 5.41) is 0. The van der Waals surface area contributed by atoms with E-state index >= 15 is 0 Å². The Balaban J connectivity index is 1.77. The molecule has 2 aromatic carbocycles. The monoisotopic (exact) mass is 299 g/mol. The molecule has 0 atom stereocenters. The molecular formula is C17H14FNOS. The van der Waals surface area contributed by atoms with Crippen LogP contribution in [0.3, 0.4) is 0 Å². The summed E-state index contributed by atoms with van der Waals surface area (Å²) in [7, 11) is 0. The van der Waals surface area contributed by atoms with Crippen molar-refractivity contribution in [3.8, 4) is 0 Å². The Morgan fingerprint density at radius 3 is 2.43 bits per heavy atom. The first kappa shape index (κ1) is 13.9. The summed E-state index contributed by atoms with van der Waals surface area (Å²) in [5.74, 6) is -0.575. The number of hydrogen-bond acceptors (Lipinski definition) is 2. The van der Waals surface area contributed by atoms with E-state index in [1.807, 2.05) is 17.0 Å². The number of benzene rings is 2. The van der Waals surface area contributed by atoms with Crippen molar-refractivity contribution in [2.24, 2.45) is 0 Å². The first-order valence-electron chi connectivity index (χ1n) is 6.81. The fraction of sp³-hybridized carbons (Fsp3) is 0.176. The molecule has 0 bridgehead atoms. The molecule has 21 heavy (non-hydrogen) atoms. The van der Waals surface area contributed by atoms with Crippen LogP contribution in [0, 0.1) is 5.82 Å². The van der Waals surface area contributed by atoms with E-state index in [0.717, 1.165) is 13.0 Å². The van der Waals surface area contributed by atoms with E-state index in [1.165, 1.54) is 35.4 Å². The summed E-state index contributed by atoms with van der Waals surface area (Å²) in [6.07, 6.45) is 0.882. The molecule has 4 heteroatoms. The van der Waals surface area contributed by atoms with Gasteiger partial charge in [0.05, 0.1) is 0 Å². The number of halogens is 1. The van der Waals surface area contributed by atoms with Gasteiger partial charge in [-0.15, -0.1) is 0 Å². The molecule has 0 N–H and O–H groups in total. The Morgan fingerprint density at radius 2 is 1.71 bits per heavy atom. The molecule has 1 aliphatic heterocycles. The second kappa shape index (κ2) is 5.74. The zero-order valence-corrected chi connectivity index (χ0v) is 12.2. The van der Waals surface area contributed by atoms with Gasteiger partial charge in [0, 0.05) is 18.7 Å². The van der Waals surface area contributed by atoms with Gasteiger partial charge in [-0.05, 0) is 41.8 Å². The maximum absolute atomic E-state index is 12.9. The number of nitrogens with zero attached hydrogens (tertiary/aromatic N) is 1. The average molecular weight is 299 g/mol. The summed E-state index contributed by atoms with van der Waals surface area (Å²) in [5.41, 5.74) is 2.95. The number of fused-ring (bicyclic) bond motifs is 1. The van der Waals surface area contributed by atoms with Gasteiger partial charge in [0.25, 0.3) is 0 Å². The number of thiocarbonyl (C=S) groups is 1. The lowest BCUT2D eigenvalue weighted by molar-refractivity contribution is 0.105. The van der Waals surface area contributed by atoms with E-state index in [1.54, 1.807) is 0 Å². The van der Waals surface area contributed by atoms with Crippen LogP contribution >= 0.6 is 12.2 Å². The lowest BCUT2D eigenvalue weighted by atomic mass is 9.99. The summed E-state index contributed by atoms with van der Waals surface area (Å²) < 4.78 is 12.9. The van der Waals surface area contributed by atoms with Gasteiger partial charge >= 0.3 is 0 Å². The Hall–Kier alpha value is -2.07. The van der Waals surface area contributed by atoms with Gasteiger partial charge in [0.2, 0.25) is 5.78 Å². The lowest BCUT2D eigenvalue weighted by Gasteiger charge is -2.30. The summed E-state index contributed by atoms with van der Waals surface area (Å²) in [6.45, 7) is 1.39. The minimum Gasteiger partial charge on any atom is -0.355 e. The third-order valence-electron chi connectivity index (χ3n) is 3.72. The van der Waals surface area contributed by atoms with Gasteiger partial charge in [-0.25, -0.2) is 4.39 Å². The van der Waals surface area contributed by atoms with Gasteiger partial charge in [0.15, 0.2) is 4.99 Å². The molecule has 2 aromatic rings. The summed E-state index contributed by atoms with van der Waals surface area (Å²) in [4.78, 5) is 14.6. The van der Waals surface area contributed by atoms with Crippen LogP contribution in [0.4, 0.5) is 4.39 Å². The molecule has 0 unspecified atom stereocenters. The van der Waals surface area contributed by atoms with E-state index in [2.05, 4.69) is 12.1 Å². The molecule has 0 fully saturated rings. The van der Waals surface area contributed by atoms with Gasteiger partial charge in [-0.3, -0.25) is 4.79 Å².